The average Bonchev–Trinajstić information content (AvgIpc) is 2.62. The number of aliphatic carboxylic acids is 1. The second-order valence-corrected chi connectivity index (χ2v) is 7.81. The maximum atomic E-state index is 12.5. The summed E-state index contributed by atoms with van der Waals surface area (Å²) in [6, 6.07) is 2.81. The summed E-state index contributed by atoms with van der Waals surface area (Å²) in [5.74, 6) is -2.24. The molecule has 1 fully saturated rings. The number of amides is 2. The molecule has 9 nitrogen and oxygen atoms in total. The van der Waals surface area contributed by atoms with Crippen LogP contribution in [0.5, 0.6) is 11.5 Å². The van der Waals surface area contributed by atoms with Crippen molar-refractivity contribution in [3.63, 3.8) is 0 Å². The van der Waals surface area contributed by atoms with Crippen LogP contribution in [0.2, 0.25) is 0 Å². The fourth-order valence-electron chi connectivity index (χ4n) is 3.23. The van der Waals surface area contributed by atoms with Crippen LogP contribution >= 0.6 is 11.8 Å². The minimum absolute atomic E-state index is 0.0129. The summed E-state index contributed by atoms with van der Waals surface area (Å²) in [6.45, 7) is 1.55. The zero-order valence-electron chi connectivity index (χ0n) is 15.3. The van der Waals surface area contributed by atoms with Gasteiger partial charge in [0.1, 0.15) is 22.6 Å². The molecule has 2 unspecified atom stereocenters. The number of hydrogen-bond acceptors (Lipinski definition) is 7. The number of carboxylic acid groups (broad SMARTS) is 1. The molecule has 28 heavy (non-hydrogen) atoms. The molecule has 10 heteroatoms. The Morgan fingerprint density at radius 2 is 2.07 bits per heavy atom. The first kappa shape index (κ1) is 20.0. The Labute approximate surface area is 165 Å². The summed E-state index contributed by atoms with van der Waals surface area (Å²) < 4.78 is 4.94. The number of nitrogens with zero attached hydrogens (tertiary/aromatic N) is 1. The molecule has 1 aromatic rings. The SMILES string of the molecule is COCc1c(O)ccc(CC(=O)NC2SC3CC(=O)N3C(C(=O)O)=C2C)c1O. The van der Waals surface area contributed by atoms with E-state index in [0.717, 1.165) is 0 Å². The van der Waals surface area contributed by atoms with Crippen molar-refractivity contribution in [2.75, 3.05) is 7.11 Å². The number of methoxy groups -OCH3 is 1. The lowest BCUT2D eigenvalue weighted by atomic mass is 10.0. The smallest absolute Gasteiger partial charge is 0.352 e. The van der Waals surface area contributed by atoms with Crippen LogP contribution in [0.4, 0.5) is 0 Å². The van der Waals surface area contributed by atoms with Gasteiger partial charge in [0.25, 0.3) is 0 Å². The molecule has 150 valence electrons. The van der Waals surface area contributed by atoms with Gasteiger partial charge >= 0.3 is 5.97 Å². The first-order valence-corrected chi connectivity index (χ1v) is 9.41. The Balaban J connectivity index is 1.77. The van der Waals surface area contributed by atoms with Crippen LogP contribution < -0.4 is 5.32 Å². The van der Waals surface area contributed by atoms with Crippen LogP contribution in [0.25, 0.3) is 0 Å². The Bertz CT molecular complexity index is 883. The second-order valence-electron chi connectivity index (χ2n) is 6.52. The van der Waals surface area contributed by atoms with E-state index in [2.05, 4.69) is 5.32 Å². The summed E-state index contributed by atoms with van der Waals surface area (Å²) in [5.41, 5.74) is 0.779. The van der Waals surface area contributed by atoms with Gasteiger partial charge in [-0.3, -0.25) is 14.5 Å². The Kier molecular flexibility index (Phi) is 5.52. The third-order valence-electron chi connectivity index (χ3n) is 4.68. The average molecular weight is 408 g/mol. The van der Waals surface area contributed by atoms with Gasteiger partial charge in [0, 0.05) is 12.7 Å². The van der Waals surface area contributed by atoms with Crippen molar-refractivity contribution < 1.29 is 34.4 Å². The third kappa shape index (κ3) is 3.52. The van der Waals surface area contributed by atoms with Gasteiger partial charge in [-0.05, 0) is 18.6 Å². The summed E-state index contributed by atoms with van der Waals surface area (Å²) >= 11 is 1.30. The quantitative estimate of drug-likeness (QED) is 0.510. The van der Waals surface area contributed by atoms with Crippen molar-refractivity contribution >= 4 is 29.5 Å². The number of phenols is 2. The highest BCUT2D eigenvalue weighted by Gasteiger charge is 2.47. The molecule has 1 saturated heterocycles. The summed E-state index contributed by atoms with van der Waals surface area (Å²) in [6.07, 6.45) is 0.0586. The third-order valence-corrected chi connectivity index (χ3v) is 6.12. The number of fused-ring (bicyclic) bond motifs is 1. The van der Waals surface area contributed by atoms with Gasteiger partial charge in [0.2, 0.25) is 11.8 Å². The molecule has 1 aromatic carbocycles. The number of aromatic hydroxyl groups is 2. The fraction of sp³-hybridized carbons (Fsp3) is 0.389. The number of benzene rings is 1. The number of ether oxygens (including phenoxy) is 1. The lowest BCUT2D eigenvalue weighted by Crippen LogP contribution is -2.57. The highest BCUT2D eigenvalue weighted by molar-refractivity contribution is 8.00. The van der Waals surface area contributed by atoms with Crippen LogP contribution in [0.1, 0.15) is 24.5 Å². The Hall–Kier alpha value is -2.72. The van der Waals surface area contributed by atoms with E-state index in [1.807, 2.05) is 0 Å². The van der Waals surface area contributed by atoms with Gasteiger partial charge in [-0.2, -0.15) is 0 Å². The first-order valence-electron chi connectivity index (χ1n) is 8.47. The minimum Gasteiger partial charge on any atom is -0.507 e. The van der Waals surface area contributed by atoms with Gasteiger partial charge in [-0.25, -0.2) is 4.79 Å². The molecule has 2 aliphatic rings. The van der Waals surface area contributed by atoms with E-state index >= 15 is 0 Å². The van der Waals surface area contributed by atoms with Crippen LogP contribution in [0.15, 0.2) is 23.4 Å². The number of carboxylic acids is 1. The molecule has 2 aliphatic heterocycles. The number of carbonyl (C=O) groups excluding carboxylic acids is 2. The van der Waals surface area contributed by atoms with Gasteiger partial charge < -0.3 is 25.4 Å². The van der Waals surface area contributed by atoms with Crippen molar-refractivity contribution in [3.05, 3.63) is 34.5 Å². The zero-order chi connectivity index (χ0) is 20.6. The number of nitrogens with one attached hydrogen (secondary N) is 1. The molecular formula is C18H20N2O7S. The highest BCUT2D eigenvalue weighted by Crippen LogP contribution is 2.43. The summed E-state index contributed by atoms with van der Waals surface area (Å²) in [4.78, 5) is 37.0. The second kappa shape index (κ2) is 7.72. The summed E-state index contributed by atoms with van der Waals surface area (Å²) in [5, 5.41) is 31.4. The fourth-order valence-corrected chi connectivity index (χ4v) is 4.64. The molecule has 4 N–H and O–H groups in total. The first-order chi connectivity index (χ1) is 13.2. The summed E-state index contributed by atoms with van der Waals surface area (Å²) in [7, 11) is 1.42. The van der Waals surface area contributed by atoms with Crippen LogP contribution in [-0.2, 0) is 32.1 Å². The lowest BCUT2D eigenvalue weighted by molar-refractivity contribution is -0.146. The number of β-lactam (4-membered cyclic amide) rings is 1. The molecule has 2 atom stereocenters. The standard InChI is InChI=1S/C18H20N2O7S/c1-8-15(18(25)26)20-13(23)6-14(20)28-17(8)19-12(22)5-9-3-4-11(21)10(7-27-2)16(9)24/h3-4,14,17,21,24H,5-7H2,1-2H3,(H,19,22)(H,25,26). The van der Waals surface area contributed by atoms with Crippen LogP contribution in [0, 0.1) is 0 Å². The minimum atomic E-state index is -1.21. The van der Waals surface area contributed by atoms with E-state index in [1.54, 1.807) is 6.92 Å². The monoisotopic (exact) mass is 408 g/mol. The van der Waals surface area contributed by atoms with E-state index in [0.29, 0.717) is 11.1 Å². The Morgan fingerprint density at radius 1 is 1.36 bits per heavy atom. The van der Waals surface area contributed by atoms with Gasteiger partial charge in [0.05, 0.1) is 30.4 Å². The van der Waals surface area contributed by atoms with Gasteiger partial charge in [0.15, 0.2) is 0 Å². The normalized spacial score (nSPS) is 21.2. The number of phenolic OH excluding ortho intramolecular Hbond substituents is 2. The van der Waals surface area contributed by atoms with E-state index in [4.69, 9.17) is 4.74 Å². The van der Waals surface area contributed by atoms with E-state index in [9.17, 15) is 29.7 Å². The van der Waals surface area contributed by atoms with E-state index < -0.39 is 17.3 Å². The number of carbonyl (C=O) groups is 3. The number of rotatable bonds is 6. The van der Waals surface area contributed by atoms with Crippen molar-refractivity contribution in [3.8, 4) is 11.5 Å². The molecule has 2 heterocycles. The van der Waals surface area contributed by atoms with Crippen LogP contribution in [-0.4, -0.2) is 55.9 Å². The predicted molar refractivity (Wildman–Crippen MR) is 99.3 cm³/mol. The predicted octanol–water partition coefficient (Wildman–Crippen LogP) is 0.893. The number of hydrogen-bond donors (Lipinski definition) is 4. The van der Waals surface area contributed by atoms with Crippen molar-refractivity contribution in [2.24, 2.45) is 0 Å². The number of thioether (sulfide) groups is 1. The topological polar surface area (TPSA) is 136 Å². The van der Waals surface area contributed by atoms with Crippen molar-refractivity contribution in [2.45, 2.75) is 37.1 Å². The lowest BCUT2D eigenvalue weighted by Gasteiger charge is -2.46. The molecule has 0 aliphatic carbocycles. The Morgan fingerprint density at radius 3 is 2.68 bits per heavy atom. The van der Waals surface area contributed by atoms with Crippen LogP contribution in [0.3, 0.4) is 0 Å². The van der Waals surface area contributed by atoms with E-state index in [1.165, 1.54) is 35.9 Å². The van der Waals surface area contributed by atoms with Crippen molar-refractivity contribution in [1.82, 2.24) is 10.2 Å². The molecule has 0 bridgehead atoms. The molecular weight excluding hydrogens is 388 g/mol. The molecule has 0 aromatic heterocycles. The van der Waals surface area contributed by atoms with Gasteiger partial charge in [-0.15, -0.1) is 11.8 Å². The maximum absolute atomic E-state index is 12.5. The molecule has 2 amide bonds. The molecule has 0 spiro atoms. The zero-order valence-corrected chi connectivity index (χ0v) is 16.1. The molecule has 0 saturated carbocycles. The molecule has 0 radical (unpaired) electrons. The van der Waals surface area contributed by atoms with Gasteiger partial charge in [-0.1, -0.05) is 6.07 Å². The highest BCUT2D eigenvalue weighted by atomic mass is 32.2. The van der Waals surface area contributed by atoms with E-state index in [-0.39, 0.29) is 53.5 Å². The largest absolute Gasteiger partial charge is 0.507 e. The van der Waals surface area contributed by atoms with Crippen molar-refractivity contribution in [1.29, 1.82) is 0 Å². The maximum Gasteiger partial charge on any atom is 0.352 e. The molecule has 3 rings (SSSR count).